The maximum atomic E-state index is 2.62. The number of rotatable bonds is 5. The molecule has 294 valence electrons. The van der Waals surface area contributed by atoms with Gasteiger partial charge in [-0.3, -0.25) is 0 Å². The highest BCUT2D eigenvalue weighted by molar-refractivity contribution is 5.96. The lowest BCUT2D eigenvalue weighted by atomic mass is 9.43. The number of benzene rings is 7. The fourth-order valence-electron chi connectivity index (χ4n) is 14.5. The van der Waals surface area contributed by atoms with Crippen molar-refractivity contribution >= 4 is 17.1 Å². The van der Waals surface area contributed by atoms with E-state index in [0.29, 0.717) is 5.92 Å². The first-order valence-electron chi connectivity index (χ1n) is 23.0. The molecule has 1 spiro atoms. The Balaban J connectivity index is 1.03. The molecule has 14 rings (SSSR count). The van der Waals surface area contributed by atoms with Crippen molar-refractivity contribution in [3.63, 3.8) is 0 Å². The number of aryl methyl sites for hydroxylation is 1. The topological polar surface area (TPSA) is 3.24 Å². The number of nitrogens with zero attached hydrogens (tertiary/aromatic N) is 1. The molecule has 0 radical (unpaired) electrons. The predicted octanol–water partition coefficient (Wildman–Crippen LogP) is 15.3. The van der Waals surface area contributed by atoms with E-state index >= 15 is 0 Å². The lowest BCUT2D eigenvalue weighted by molar-refractivity contribution is -0.0399. The van der Waals surface area contributed by atoms with E-state index in [-0.39, 0.29) is 10.8 Å². The third-order valence-corrected chi connectivity index (χ3v) is 16.7. The summed E-state index contributed by atoms with van der Waals surface area (Å²) in [6, 6.07) is 61.5. The summed E-state index contributed by atoms with van der Waals surface area (Å²) in [7, 11) is 0. The van der Waals surface area contributed by atoms with Crippen molar-refractivity contribution in [1.29, 1.82) is 0 Å². The second-order valence-electron chi connectivity index (χ2n) is 20.0. The molecule has 4 fully saturated rings. The van der Waals surface area contributed by atoms with Gasteiger partial charge in [-0.2, -0.15) is 0 Å². The van der Waals surface area contributed by atoms with Crippen LogP contribution in [0.5, 0.6) is 0 Å². The minimum Gasteiger partial charge on any atom is -0.310 e. The van der Waals surface area contributed by atoms with Crippen LogP contribution in [0, 0.1) is 23.7 Å². The van der Waals surface area contributed by atoms with Crippen molar-refractivity contribution in [2.75, 3.05) is 4.90 Å². The van der Waals surface area contributed by atoms with E-state index in [1.807, 2.05) is 0 Å². The highest BCUT2D eigenvalue weighted by Crippen LogP contribution is 2.70. The maximum Gasteiger partial charge on any atom is 0.0468 e. The lowest BCUT2D eigenvalue weighted by Crippen LogP contribution is -2.55. The molecule has 7 aromatic rings. The molecule has 0 aromatic heterocycles. The molecule has 7 aliphatic carbocycles. The van der Waals surface area contributed by atoms with Gasteiger partial charge < -0.3 is 4.90 Å². The molecule has 0 aliphatic heterocycles. The minimum atomic E-state index is -0.0887. The van der Waals surface area contributed by atoms with Gasteiger partial charge in [-0.1, -0.05) is 135 Å². The van der Waals surface area contributed by atoms with Crippen molar-refractivity contribution in [2.24, 2.45) is 23.7 Å². The second-order valence-corrected chi connectivity index (χ2v) is 20.0. The van der Waals surface area contributed by atoms with Crippen molar-refractivity contribution in [2.45, 2.75) is 82.0 Å². The molecular formula is C59H53N. The van der Waals surface area contributed by atoms with Crippen LogP contribution in [0.2, 0.25) is 0 Å². The van der Waals surface area contributed by atoms with E-state index in [4.69, 9.17) is 0 Å². The van der Waals surface area contributed by atoms with Crippen molar-refractivity contribution in [3.05, 3.63) is 197 Å². The van der Waals surface area contributed by atoms with Gasteiger partial charge in [0.05, 0.1) is 0 Å². The average Bonchev–Trinajstić information content (AvgIpc) is 3.71. The molecule has 1 nitrogen and oxygen atoms in total. The van der Waals surface area contributed by atoms with E-state index in [1.165, 1.54) is 130 Å². The maximum absolute atomic E-state index is 2.62. The van der Waals surface area contributed by atoms with E-state index in [1.54, 1.807) is 11.1 Å². The Kier molecular flexibility index (Phi) is 7.57. The summed E-state index contributed by atoms with van der Waals surface area (Å²) in [5.41, 5.74) is 22.6. The Morgan fingerprint density at radius 2 is 1.15 bits per heavy atom. The highest BCUT2D eigenvalue weighted by atomic mass is 15.1. The van der Waals surface area contributed by atoms with Crippen LogP contribution < -0.4 is 4.90 Å². The Hall–Kier alpha value is -5.66. The number of hydrogen-bond donors (Lipinski definition) is 0. The van der Waals surface area contributed by atoms with Gasteiger partial charge in [0.15, 0.2) is 0 Å². The minimum absolute atomic E-state index is 0.0887. The van der Waals surface area contributed by atoms with Crippen LogP contribution >= 0.6 is 0 Å². The van der Waals surface area contributed by atoms with E-state index in [0.717, 1.165) is 23.7 Å². The van der Waals surface area contributed by atoms with Crippen LogP contribution in [0.25, 0.3) is 33.4 Å². The second kappa shape index (κ2) is 12.9. The molecule has 0 heterocycles. The van der Waals surface area contributed by atoms with E-state index in [9.17, 15) is 0 Å². The molecule has 4 bridgehead atoms. The molecule has 60 heavy (non-hydrogen) atoms. The number of fused-ring (bicyclic) bond motifs is 7. The number of anilines is 3. The zero-order valence-corrected chi connectivity index (χ0v) is 35.0. The van der Waals surface area contributed by atoms with Gasteiger partial charge in [-0.25, -0.2) is 0 Å². The summed E-state index contributed by atoms with van der Waals surface area (Å²) in [6.07, 6.45) is 10.6. The summed E-state index contributed by atoms with van der Waals surface area (Å²) in [5.74, 6) is 3.67. The molecule has 7 aromatic carbocycles. The monoisotopic (exact) mass is 775 g/mol. The summed E-state index contributed by atoms with van der Waals surface area (Å²) < 4.78 is 0. The lowest BCUT2D eigenvalue weighted by Gasteiger charge is -2.61. The zero-order valence-electron chi connectivity index (χ0n) is 35.0. The van der Waals surface area contributed by atoms with Gasteiger partial charge in [0.1, 0.15) is 0 Å². The van der Waals surface area contributed by atoms with Gasteiger partial charge in [0, 0.05) is 33.8 Å². The van der Waals surface area contributed by atoms with Crippen LogP contribution in [-0.4, -0.2) is 0 Å². The van der Waals surface area contributed by atoms with E-state index < -0.39 is 0 Å². The molecule has 4 saturated carbocycles. The highest BCUT2D eigenvalue weighted by Gasteiger charge is 2.62. The Morgan fingerprint density at radius 3 is 2.00 bits per heavy atom. The third kappa shape index (κ3) is 4.87. The summed E-state index contributed by atoms with van der Waals surface area (Å²) >= 11 is 0. The normalized spacial score (nSPS) is 25.7. The first kappa shape index (κ1) is 35.1. The average molecular weight is 776 g/mol. The first-order valence-corrected chi connectivity index (χ1v) is 23.0. The van der Waals surface area contributed by atoms with Gasteiger partial charge >= 0.3 is 0 Å². The molecular weight excluding hydrogens is 723 g/mol. The molecule has 1 heteroatoms. The Labute approximate surface area is 356 Å². The third-order valence-electron chi connectivity index (χ3n) is 16.7. The summed E-state index contributed by atoms with van der Waals surface area (Å²) in [5, 5.41) is 0. The quantitative estimate of drug-likeness (QED) is 0.168. The SMILES string of the molecule is CC1(C)c2ccccc2-c2ccc(N(c3cccc(C4CCCc5ccccc54)c3)c3ccc4c(c3)-c3c(-c5ccccc5)cccc3C43C4CC5CC(C4)CC3C5)cc21. The molecule has 0 saturated heterocycles. The molecule has 1 unspecified atom stereocenters. The summed E-state index contributed by atoms with van der Waals surface area (Å²) in [6.45, 7) is 4.82. The Bertz CT molecular complexity index is 2830. The van der Waals surface area contributed by atoms with Gasteiger partial charge in [0.2, 0.25) is 0 Å². The van der Waals surface area contributed by atoms with E-state index in [2.05, 4.69) is 176 Å². The van der Waals surface area contributed by atoms with Crippen molar-refractivity contribution < 1.29 is 0 Å². The van der Waals surface area contributed by atoms with Crippen LogP contribution in [-0.2, 0) is 17.3 Å². The molecule has 7 aliphatic rings. The van der Waals surface area contributed by atoms with Crippen LogP contribution in [0.1, 0.15) is 104 Å². The smallest absolute Gasteiger partial charge is 0.0468 e. The fraction of sp³-hybridized carbons (Fsp3) is 0.288. The number of hydrogen-bond acceptors (Lipinski definition) is 1. The van der Waals surface area contributed by atoms with Crippen molar-refractivity contribution in [3.8, 4) is 33.4 Å². The standard InChI is InChI=1S/C59H53N/c1-58(2)53-23-9-8-20-50(53)51-27-25-46(36-56(51)58)60(44-18-10-17-41(34-44)48-21-11-16-39-15-6-7-19-47(39)48)45-26-28-54-52(35-45)57-49(40-13-4-3-5-14-40)22-12-24-55(57)59(54)42-30-37-29-38(32-42)33-43(59)31-37/h3-10,12-15,17-20,22-28,34-38,42-43,48H,11,16,21,29-33H2,1-2H3. The van der Waals surface area contributed by atoms with Crippen LogP contribution in [0.15, 0.2) is 158 Å². The van der Waals surface area contributed by atoms with Crippen LogP contribution in [0.4, 0.5) is 17.1 Å². The summed E-state index contributed by atoms with van der Waals surface area (Å²) in [4.78, 5) is 2.60. The first-order chi connectivity index (χ1) is 29.5. The van der Waals surface area contributed by atoms with Gasteiger partial charge in [-0.15, -0.1) is 0 Å². The largest absolute Gasteiger partial charge is 0.310 e. The van der Waals surface area contributed by atoms with Gasteiger partial charge in [0.25, 0.3) is 0 Å². The van der Waals surface area contributed by atoms with Gasteiger partial charge in [-0.05, 0) is 184 Å². The molecule has 0 N–H and O–H groups in total. The van der Waals surface area contributed by atoms with Crippen molar-refractivity contribution in [1.82, 2.24) is 0 Å². The van der Waals surface area contributed by atoms with Crippen LogP contribution in [0.3, 0.4) is 0 Å². The predicted molar refractivity (Wildman–Crippen MR) is 249 cm³/mol. The zero-order chi connectivity index (χ0) is 39.7. The molecule has 0 amide bonds. The fourth-order valence-corrected chi connectivity index (χ4v) is 14.5. The Morgan fingerprint density at radius 1 is 0.483 bits per heavy atom. The molecule has 1 atom stereocenters.